The molecule has 1 N–H and O–H groups in total. The topological polar surface area (TPSA) is 26.2 Å². The van der Waals surface area contributed by atoms with Crippen molar-refractivity contribution >= 4 is 15.9 Å². The molecular formula is C17H21BrN2O. The third kappa shape index (κ3) is 3.01. The molecule has 2 aromatic rings. The molecule has 1 atom stereocenters. The first kappa shape index (κ1) is 14.7. The highest BCUT2D eigenvalue weighted by atomic mass is 79.9. The molecule has 1 heterocycles. The summed E-state index contributed by atoms with van der Waals surface area (Å²) >= 11 is 3.54. The number of hydrogen-bond acceptors (Lipinski definition) is 2. The lowest BCUT2D eigenvalue weighted by Gasteiger charge is -2.21. The van der Waals surface area contributed by atoms with Gasteiger partial charge in [0, 0.05) is 28.5 Å². The van der Waals surface area contributed by atoms with Crippen molar-refractivity contribution in [2.75, 3.05) is 14.2 Å². The zero-order chi connectivity index (χ0) is 14.8. The van der Waals surface area contributed by atoms with Crippen LogP contribution in [-0.2, 0) is 13.0 Å². The molecule has 1 aromatic heterocycles. The molecule has 112 valence electrons. The van der Waals surface area contributed by atoms with Crippen LogP contribution in [-0.4, -0.2) is 18.7 Å². The number of aromatic nitrogens is 1. The average Bonchev–Trinajstić information content (AvgIpc) is 2.89. The summed E-state index contributed by atoms with van der Waals surface area (Å²) in [5, 5.41) is 3.42. The van der Waals surface area contributed by atoms with Crippen LogP contribution in [0.2, 0.25) is 0 Å². The molecule has 0 saturated carbocycles. The van der Waals surface area contributed by atoms with E-state index in [2.05, 4.69) is 51.3 Å². The maximum absolute atomic E-state index is 5.47. The lowest BCUT2D eigenvalue weighted by molar-refractivity contribution is 0.408. The fourth-order valence-electron chi connectivity index (χ4n) is 3.21. The van der Waals surface area contributed by atoms with Crippen molar-refractivity contribution < 1.29 is 4.74 Å². The molecule has 0 fully saturated rings. The molecule has 4 heteroatoms. The molecule has 0 radical (unpaired) electrons. The Labute approximate surface area is 134 Å². The van der Waals surface area contributed by atoms with Gasteiger partial charge in [-0.2, -0.15) is 0 Å². The molecule has 1 aliphatic carbocycles. The maximum Gasteiger partial charge on any atom is 0.123 e. The lowest BCUT2D eigenvalue weighted by Crippen LogP contribution is -2.20. The van der Waals surface area contributed by atoms with Gasteiger partial charge in [-0.15, -0.1) is 0 Å². The fourth-order valence-corrected chi connectivity index (χ4v) is 3.62. The Morgan fingerprint density at radius 3 is 3.00 bits per heavy atom. The Morgan fingerprint density at radius 1 is 1.38 bits per heavy atom. The highest BCUT2D eigenvalue weighted by Crippen LogP contribution is 2.31. The van der Waals surface area contributed by atoms with Crippen molar-refractivity contribution in [2.45, 2.75) is 31.8 Å². The Morgan fingerprint density at radius 2 is 2.24 bits per heavy atom. The molecule has 0 bridgehead atoms. The van der Waals surface area contributed by atoms with Crippen LogP contribution in [0.15, 0.2) is 35.1 Å². The normalized spacial score (nSPS) is 17.6. The minimum atomic E-state index is 0.499. The predicted octanol–water partition coefficient (Wildman–Crippen LogP) is 3.90. The molecule has 0 saturated heterocycles. The van der Waals surface area contributed by atoms with Gasteiger partial charge in [0.15, 0.2) is 0 Å². The van der Waals surface area contributed by atoms with Crippen LogP contribution in [0.3, 0.4) is 0 Å². The van der Waals surface area contributed by atoms with Crippen LogP contribution in [0.5, 0.6) is 5.75 Å². The first-order chi connectivity index (χ1) is 10.2. The molecule has 3 nitrogen and oxygen atoms in total. The summed E-state index contributed by atoms with van der Waals surface area (Å²) in [5.41, 5.74) is 4.13. The van der Waals surface area contributed by atoms with Gasteiger partial charge in [-0.05, 0) is 55.6 Å². The Bertz CT molecular complexity index is 636. The number of aryl methyl sites for hydroxylation is 1. The number of halogens is 1. The van der Waals surface area contributed by atoms with Crippen molar-refractivity contribution in [2.24, 2.45) is 0 Å². The lowest BCUT2D eigenvalue weighted by atomic mass is 9.91. The van der Waals surface area contributed by atoms with Crippen LogP contribution < -0.4 is 10.1 Å². The molecule has 0 spiro atoms. The fraction of sp³-hybridized carbons (Fsp3) is 0.412. The monoisotopic (exact) mass is 348 g/mol. The first-order valence-electron chi connectivity index (χ1n) is 7.39. The number of rotatable bonds is 4. The van der Waals surface area contributed by atoms with Crippen molar-refractivity contribution in [1.82, 2.24) is 9.88 Å². The summed E-state index contributed by atoms with van der Waals surface area (Å²) in [7, 11) is 3.78. The molecule has 1 aromatic carbocycles. The van der Waals surface area contributed by atoms with Crippen LogP contribution >= 0.6 is 15.9 Å². The van der Waals surface area contributed by atoms with Gasteiger partial charge < -0.3 is 14.6 Å². The van der Waals surface area contributed by atoms with E-state index in [1.807, 2.05) is 12.1 Å². The van der Waals surface area contributed by atoms with Crippen molar-refractivity contribution in [1.29, 1.82) is 0 Å². The van der Waals surface area contributed by atoms with Gasteiger partial charge in [-0.25, -0.2) is 0 Å². The molecule has 0 amide bonds. The quantitative estimate of drug-likeness (QED) is 0.906. The van der Waals surface area contributed by atoms with Gasteiger partial charge in [-0.1, -0.05) is 15.9 Å². The van der Waals surface area contributed by atoms with Gasteiger partial charge in [0.2, 0.25) is 0 Å². The molecule has 21 heavy (non-hydrogen) atoms. The second kappa shape index (κ2) is 6.24. The SMILES string of the molecule is CNC1CCCc2cn(Cc3cc(Br)ccc3OC)cc21. The Hall–Kier alpha value is -1.26. The van der Waals surface area contributed by atoms with Crippen molar-refractivity contribution in [3.8, 4) is 5.75 Å². The molecular weight excluding hydrogens is 328 g/mol. The summed E-state index contributed by atoms with van der Waals surface area (Å²) in [5.74, 6) is 0.940. The zero-order valence-corrected chi connectivity index (χ0v) is 14.1. The third-order valence-corrected chi connectivity index (χ3v) is 4.75. The smallest absolute Gasteiger partial charge is 0.123 e. The number of nitrogens with one attached hydrogen (secondary N) is 1. The van der Waals surface area contributed by atoms with Gasteiger partial charge in [0.1, 0.15) is 5.75 Å². The number of nitrogens with zero attached hydrogens (tertiary/aromatic N) is 1. The van der Waals surface area contributed by atoms with E-state index < -0.39 is 0 Å². The summed E-state index contributed by atoms with van der Waals surface area (Å²) < 4.78 is 8.84. The summed E-state index contributed by atoms with van der Waals surface area (Å²) in [6.45, 7) is 0.839. The number of methoxy groups -OCH3 is 1. The number of ether oxygens (including phenoxy) is 1. The highest BCUT2D eigenvalue weighted by molar-refractivity contribution is 9.10. The van der Waals surface area contributed by atoms with Gasteiger partial charge in [-0.3, -0.25) is 0 Å². The predicted molar refractivity (Wildman–Crippen MR) is 89.0 cm³/mol. The standard InChI is InChI=1S/C17H21BrN2O/c1-19-16-5-3-4-12-9-20(11-15(12)16)10-13-8-14(18)6-7-17(13)21-2/h6-9,11,16,19H,3-5,10H2,1-2H3. The molecule has 1 unspecified atom stereocenters. The van der Waals surface area contributed by atoms with Crippen LogP contribution in [0.25, 0.3) is 0 Å². The van der Waals surface area contributed by atoms with Crippen LogP contribution in [0.1, 0.15) is 35.6 Å². The average molecular weight is 349 g/mol. The van der Waals surface area contributed by atoms with E-state index in [9.17, 15) is 0 Å². The minimum Gasteiger partial charge on any atom is -0.496 e. The maximum atomic E-state index is 5.47. The third-order valence-electron chi connectivity index (χ3n) is 4.26. The van der Waals surface area contributed by atoms with E-state index in [4.69, 9.17) is 4.74 Å². The van der Waals surface area contributed by atoms with Gasteiger partial charge in [0.05, 0.1) is 13.7 Å². The van der Waals surface area contributed by atoms with Crippen molar-refractivity contribution in [3.05, 3.63) is 51.8 Å². The number of fused-ring (bicyclic) bond motifs is 1. The molecule has 0 aliphatic heterocycles. The first-order valence-corrected chi connectivity index (χ1v) is 8.19. The van der Waals surface area contributed by atoms with Crippen molar-refractivity contribution in [3.63, 3.8) is 0 Å². The molecule has 3 rings (SSSR count). The number of benzene rings is 1. The molecule has 1 aliphatic rings. The van der Waals surface area contributed by atoms with Crippen LogP contribution in [0, 0.1) is 0 Å². The Kier molecular flexibility index (Phi) is 4.36. The largest absolute Gasteiger partial charge is 0.496 e. The van der Waals surface area contributed by atoms with E-state index >= 15 is 0 Å². The van der Waals surface area contributed by atoms with E-state index in [-0.39, 0.29) is 0 Å². The number of hydrogen-bond donors (Lipinski definition) is 1. The summed E-state index contributed by atoms with van der Waals surface area (Å²) in [6, 6.07) is 6.66. The zero-order valence-electron chi connectivity index (χ0n) is 12.5. The Balaban J connectivity index is 1.89. The van der Waals surface area contributed by atoms with Crippen LogP contribution in [0.4, 0.5) is 0 Å². The van der Waals surface area contributed by atoms with E-state index in [0.717, 1.165) is 16.8 Å². The van der Waals surface area contributed by atoms with E-state index in [0.29, 0.717) is 6.04 Å². The van der Waals surface area contributed by atoms with E-state index in [1.54, 1.807) is 7.11 Å². The van der Waals surface area contributed by atoms with E-state index in [1.165, 1.54) is 36.0 Å². The second-order valence-electron chi connectivity index (χ2n) is 5.60. The van der Waals surface area contributed by atoms with Gasteiger partial charge >= 0.3 is 0 Å². The summed E-state index contributed by atoms with van der Waals surface area (Å²) in [4.78, 5) is 0. The van der Waals surface area contributed by atoms with Gasteiger partial charge in [0.25, 0.3) is 0 Å². The summed E-state index contributed by atoms with van der Waals surface area (Å²) in [6.07, 6.45) is 8.27. The minimum absolute atomic E-state index is 0.499. The second-order valence-corrected chi connectivity index (χ2v) is 6.52. The highest BCUT2D eigenvalue weighted by Gasteiger charge is 2.20.